The first-order chi connectivity index (χ1) is 12.0. The summed E-state index contributed by atoms with van der Waals surface area (Å²) < 4.78 is 5.03. The van der Waals surface area contributed by atoms with Crippen LogP contribution in [0.15, 0.2) is 29.6 Å². The van der Waals surface area contributed by atoms with E-state index >= 15 is 0 Å². The summed E-state index contributed by atoms with van der Waals surface area (Å²) >= 11 is 1.24. The number of aromatic nitrogens is 1. The molecule has 1 aromatic heterocycles. The number of nitrogens with zero attached hydrogens (tertiary/aromatic N) is 1. The minimum Gasteiger partial charge on any atom is -0.497 e. The molecule has 0 bridgehead atoms. The lowest BCUT2D eigenvalue weighted by atomic mass is 10.1. The van der Waals surface area contributed by atoms with Crippen molar-refractivity contribution < 1.29 is 24.2 Å². The third kappa shape index (κ3) is 5.68. The van der Waals surface area contributed by atoms with Gasteiger partial charge in [-0.25, -0.2) is 9.78 Å². The number of carbonyl (C=O) groups is 3. The Hall–Kier alpha value is -2.74. The standard InChI is InChI=1S/C17H18N2O5S/c1-24-12-4-2-11(3-5-12)14(20)6-7-15(21)18-9-8-16-19-13(10-25-16)17(22)23/h2-5,10H,6-9H2,1H3,(H,18,21)(H,22,23). The van der Waals surface area contributed by atoms with Crippen molar-refractivity contribution >= 4 is 29.0 Å². The van der Waals surface area contributed by atoms with E-state index in [9.17, 15) is 14.4 Å². The molecule has 0 unspecified atom stereocenters. The van der Waals surface area contributed by atoms with E-state index in [0.29, 0.717) is 29.3 Å². The van der Waals surface area contributed by atoms with Crippen LogP contribution < -0.4 is 10.1 Å². The lowest BCUT2D eigenvalue weighted by molar-refractivity contribution is -0.121. The van der Waals surface area contributed by atoms with E-state index in [0.717, 1.165) is 0 Å². The highest BCUT2D eigenvalue weighted by atomic mass is 32.1. The predicted octanol–water partition coefficient (Wildman–Crippen LogP) is 2.17. The number of hydrogen-bond donors (Lipinski definition) is 2. The normalized spacial score (nSPS) is 10.3. The minimum absolute atomic E-state index is 0.0106. The van der Waals surface area contributed by atoms with Gasteiger partial charge in [-0.05, 0) is 24.3 Å². The van der Waals surface area contributed by atoms with Crippen molar-refractivity contribution in [2.24, 2.45) is 0 Å². The molecule has 25 heavy (non-hydrogen) atoms. The number of ether oxygens (including phenoxy) is 1. The fourth-order valence-corrected chi connectivity index (χ4v) is 2.84. The number of nitrogens with one attached hydrogen (secondary N) is 1. The Labute approximate surface area is 148 Å². The smallest absolute Gasteiger partial charge is 0.355 e. The van der Waals surface area contributed by atoms with Gasteiger partial charge in [0.25, 0.3) is 0 Å². The number of amides is 1. The number of rotatable bonds is 9. The van der Waals surface area contributed by atoms with E-state index in [1.807, 2.05) is 0 Å². The first kappa shape index (κ1) is 18.6. The Morgan fingerprint density at radius 3 is 2.52 bits per heavy atom. The molecule has 8 heteroatoms. The van der Waals surface area contributed by atoms with Crippen LogP contribution in [0.4, 0.5) is 0 Å². The third-order valence-corrected chi connectivity index (χ3v) is 4.33. The lowest BCUT2D eigenvalue weighted by Crippen LogP contribution is -2.26. The van der Waals surface area contributed by atoms with Gasteiger partial charge in [0.15, 0.2) is 11.5 Å². The number of carboxylic acids is 1. The molecule has 1 heterocycles. The summed E-state index contributed by atoms with van der Waals surface area (Å²) in [6.45, 7) is 0.349. The zero-order valence-corrected chi connectivity index (χ0v) is 14.5. The van der Waals surface area contributed by atoms with Crippen LogP contribution in [0, 0.1) is 0 Å². The molecule has 0 aliphatic heterocycles. The fourth-order valence-electron chi connectivity index (χ4n) is 2.07. The van der Waals surface area contributed by atoms with Gasteiger partial charge in [0.2, 0.25) is 5.91 Å². The maximum absolute atomic E-state index is 12.0. The number of Topliss-reactive ketones (excluding diaryl/α,β-unsaturated/α-hetero) is 1. The number of carbonyl (C=O) groups excluding carboxylic acids is 2. The molecule has 0 atom stereocenters. The monoisotopic (exact) mass is 362 g/mol. The molecule has 0 radical (unpaired) electrons. The van der Waals surface area contributed by atoms with Gasteiger partial charge in [0.05, 0.1) is 12.1 Å². The van der Waals surface area contributed by atoms with Crippen LogP contribution in [0.2, 0.25) is 0 Å². The maximum atomic E-state index is 12.0. The van der Waals surface area contributed by atoms with Crippen LogP contribution in [0.25, 0.3) is 0 Å². The number of methoxy groups -OCH3 is 1. The lowest BCUT2D eigenvalue weighted by Gasteiger charge is -2.05. The number of aromatic carboxylic acids is 1. The highest BCUT2D eigenvalue weighted by Crippen LogP contribution is 2.13. The summed E-state index contributed by atoms with van der Waals surface area (Å²) in [5, 5.41) is 13.6. The largest absolute Gasteiger partial charge is 0.497 e. The molecule has 1 aromatic carbocycles. The molecule has 0 saturated carbocycles. The van der Waals surface area contributed by atoms with E-state index in [1.165, 1.54) is 16.7 Å². The average molecular weight is 362 g/mol. The number of benzene rings is 1. The molecule has 0 aliphatic rings. The maximum Gasteiger partial charge on any atom is 0.355 e. The number of thiazole rings is 1. The molecule has 2 N–H and O–H groups in total. The van der Waals surface area contributed by atoms with Crippen LogP contribution in [-0.4, -0.2) is 41.4 Å². The molecule has 132 valence electrons. The van der Waals surface area contributed by atoms with Gasteiger partial charge in [-0.2, -0.15) is 0 Å². The first-order valence-electron chi connectivity index (χ1n) is 7.61. The van der Waals surface area contributed by atoms with E-state index in [-0.39, 0.29) is 30.2 Å². The average Bonchev–Trinajstić information content (AvgIpc) is 3.09. The summed E-state index contributed by atoms with van der Waals surface area (Å²) in [6, 6.07) is 6.74. The molecular weight excluding hydrogens is 344 g/mol. The van der Waals surface area contributed by atoms with Crippen LogP contribution in [0.5, 0.6) is 5.75 Å². The zero-order chi connectivity index (χ0) is 18.2. The second-order valence-electron chi connectivity index (χ2n) is 5.18. The van der Waals surface area contributed by atoms with Crippen LogP contribution >= 0.6 is 11.3 Å². The highest BCUT2D eigenvalue weighted by molar-refractivity contribution is 7.09. The highest BCUT2D eigenvalue weighted by Gasteiger charge is 2.11. The van der Waals surface area contributed by atoms with Gasteiger partial charge in [-0.15, -0.1) is 11.3 Å². The Morgan fingerprint density at radius 1 is 1.20 bits per heavy atom. The van der Waals surface area contributed by atoms with Gasteiger partial charge in [0, 0.05) is 36.8 Å². The van der Waals surface area contributed by atoms with Gasteiger partial charge in [0.1, 0.15) is 5.75 Å². The third-order valence-electron chi connectivity index (χ3n) is 3.42. The zero-order valence-electron chi connectivity index (χ0n) is 13.7. The summed E-state index contributed by atoms with van der Waals surface area (Å²) in [7, 11) is 1.55. The number of ketones is 1. The second kappa shape index (κ2) is 8.93. The van der Waals surface area contributed by atoms with Crippen molar-refractivity contribution in [1.29, 1.82) is 0 Å². The molecular formula is C17H18N2O5S. The minimum atomic E-state index is -1.07. The van der Waals surface area contributed by atoms with E-state index in [2.05, 4.69) is 10.3 Å². The Morgan fingerprint density at radius 2 is 1.92 bits per heavy atom. The Bertz CT molecular complexity index is 755. The molecule has 0 spiro atoms. The van der Waals surface area contributed by atoms with Crippen molar-refractivity contribution in [2.75, 3.05) is 13.7 Å². The topological polar surface area (TPSA) is 106 Å². The Kier molecular flexibility index (Phi) is 6.64. The fraction of sp³-hybridized carbons (Fsp3) is 0.294. The summed E-state index contributed by atoms with van der Waals surface area (Å²) in [5.74, 6) is -0.730. The predicted molar refractivity (Wildman–Crippen MR) is 92.3 cm³/mol. The van der Waals surface area contributed by atoms with Gasteiger partial charge < -0.3 is 15.2 Å². The van der Waals surface area contributed by atoms with Gasteiger partial charge in [-0.1, -0.05) is 0 Å². The number of carboxylic acid groups (broad SMARTS) is 1. The van der Waals surface area contributed by atoms with E-state index < -0.39 is 5.97 Å². The van der Waals surface area contributed by atoms with Gasteiger partial charge in [-0.3, -0.25) is 9.59 Å². The van der Waals surface area contributed by atoms with Crippen LogP contribution in [0.1, 0.15) is 38.7 Å². The number of hydrogen-bond acceptors (Lipinski definition) is 6. The first-order valence-corrected chi connectivity index (χ1v) is 8.49. The second-order valence-corrected chi connectivity index (χ2v) is 6.13. The molecule has 2 rings (SSSR count). The van der Waals surface area contributed by atoms with Crippen molar-refractivity contribution in [3.05, 3.63) is 45.9 Å². The molecule has 0 fully saturated rings. The summed E-state index contributed by atoms with van der Waals surface area (Å²) in [5.41, 5.74) is 0.550. The van der Waals surface area contributed by atoms with Crippen LogP contribution in [-0.2, 0) is 11.2 Å². The SMILES string of the molecule is COc1ccc(C(=O)CCC(=O)NCCc2nc(C(=O)O)cs2)cc1. The van der Waals surface area contributed by atoms with Crippen molar-refractivity contribution in [1.82, 2.24) is 10.3 Å². The van der Waals surface area contributed by atoms with Crippen LogP contribution in [0.3, 0.4) is 0 Å². The molecule has 0 aliphatic carbocycles. The quantitative estimate of drug-likeness (QED) is 0.662. The van der Waals surface area contributed by atoms with Crippen molar-refractivity contribution in [3.63, 3.8) is 0 Å². The Balaban J connectivity index is 1.70. The van der Waals surface area contributed by atoms with E-state index in [1.54, 1.807) is 31.4 Å². The molecule has 2 aromatic rings. The molecule has 1 amide bonds. The molecule has 0 saturated heterocycles. The summed E-state index contributed by atoms with van der Waals surface area (Å²) in [6.07, 6.45) is 0.678. The summed E-state index contributed by atoms with van der Waals surface area (Å²) in [4.78, 5) is 38.5. The van der Waals surface area contributed by atoms with Gasteiger partial charge >= 0.3 is 5.97 Å². The van der Waals surface area contributed by atoms with E-state index in [4.69, 9.17) is 9.84 Å². The molecule has 7 nitrogen and oxygen atoms in total. The van der Waals surface area contributed by atoms with Crippen molar-refractivity contribution in [3.8, 4) is 5.75 Å². The van der Waals surface area contributed by atoms with Crippen molar-refractivity contribution in [2.45, 2.75) is 19.3 Å².